The SMILES string of the molecule is COc1ccc(C2(c3ccc(OC)cc3)C=Cc3c4c(c5cc(OC)c(OC)cc5c3O2)-c2ccccc2C4(C)OCCOCCO)cc1. The lowest BCUT2D eigenvalue weighted by atomic mass is 9.80. The fourth-order valence-electron chi connectivity index (χ4n) is 7.27. The van der Waals surface area contributed by atoms with E-state index in [0.29, 0.717) is 30.5 Å². The van der Waals surface area contributed by atoms with Gasteiger partial charge in [0.15, 0.2) is 17.1 Å². The normalized spacial score (nSPS) is 16.8. The zero-order valence-corrected chi connectivity index (χ0v) is 28.4. The van der Waals surface area contributed by atoms with E-state index in [0.717, 1.165) is 61.2 Å². The number of methoxy groups -OCH3 is 4. The molecule has 0 spiro atoms. The molecule has 7 rings (SSSR count). The van der Waals surface area contributed by atoms with E-state index in [1.54, 1.807) is 28.4 Å². The summed E-state index contributed by atoms with van der Waals surface area (Å²) in [5.74, 6) is 3.42. The first-order chi connectivity index (χ1) is 23.9. The van der Waals surface area contributed by atoms with E-state index >= 15 is 0 Å². The second-order valence-corrected chi connectivity index (χ2v) is 12.1. The maximum Gasteiger partial charge on any atom is 0.178 e. The van der Waals surface area contributed by atoms with Crippen LogP contribution in [0.2, 0.25) is 0 Å². The van der Waals surface area contributed by atoms with Crippen molar-refractivity contribution < 1.29 is 38.3 Å². The molecule has 5 aromatic carbocycles. The number of ether oxygens (including phenoxy) is 7. The van der Waals surface area contributed by atoms with E-state index < -0.39 is 11.2 Å². The number of aliphatic hydroxyl groups excluding tert-OH is 1. The lowest BCUT2D eigenvalue weighted by molar-refractivity contribution is -0.0377. The van der Waals surface area contributed by atoms with Crippen molar-refractivity contribution in [3.05, 3.63) is 119 Å². The number of benzene rings is 5. The molecule has 0 bridgehead atoms. The van der Waals surface area contributed by atoms with Gasteiger partial charge in [0.2, 0.25) is 0 Å². The van der Waals surface area contributed by atoms with Crippen LogP contribution in [0.25, 0.3) is 28.0 Å². The topological polar surface area (TPSA) is 84.8 Å². The molecule has 1 unspecified atom stereocenters. The fraction of sp³-hybridized carbons (Fsp3) is 0.268. The summed E-state index contributed by atoms with van der Waals surface area (Å²) in [7, 11) is 6.60. The highest BCUT2D eigenvalue weighted by atomic mass is 16.5. The molecule has 8 heteroatoms. The molecule has 0 saturated carbocycles. The van der Waals surface area contributed by atoms with E-state index in [-0.39, 0.29) is 13.2 Å². The maximum atomic E-state index is 9.24. The van der Waals surface area contributed by atoms with E-state index in [2.05, 4.69) is 37.3 Å². The molecule has 0 fully saturated rings. The maximum absolute atomic E-state index is 9.24. The Morgan fingerprint density at radius 1 is 0.694 bits per heavy atom. The van der Waals surface area contributed by atoms with Crippen LogP contribution in [0.1, 0.15) is 34.7 Å². The van der Waals surface area contributed by atoms with Crippen molar-refractivity contribution >= 4 is 16.8 Å². The number of hydrogen-bond acceptors (Lipinski definition) is 8. The Morgan fingerprint density at radius 3 is 1.90 bits per heavy atom. The Bertz CT molecular complexity index is 1970. The standard InChI is InChI=1S/C41H40O8/c1-40(48-23-22-47-21-20-42)34-9-7-6-8-30(34)37-32-24-35(45-4)36(46-5)25-33(32)39-31(38(37)40)18-19-41(49-39,26-10-14-28(43-2)15-11-26)27-12-16-29(44-3)17-13-27/h6-19,24-25,42H,20-23H2,1-5H3. The van der Waals surface area contributed by atoms with Crippen molar-refractivity contribution in [2.24, 2.45) is 0 Å². The van der Waals surface area contributed by atoms with Gasteiger partial charge in [0, 0.05) is 27.6 Å². The summed E-state index contributed by atoms with van der Waals surface area (Å²) in [6.45, 7) is 3.00. The summed E-state index contributed by atoms with van der Waals surface area (Å²) in [4.78, 5) is 0. The van der Waals surface area contributed by atoms with Gasteiger partial charge in [-0.2, -0.15) is 0 Å². The van der Waals surface area contributed by atoms with Crippen molar-refractivity contribution in [1.29, 1.82) is 0 Å². The van der Waals surface area contributed by atoms with Gasteiger partial charge in [0.05, 0.1) is 54.9 Å². The number of aliphatic hydroxyl groups is 1. The summed E-state index contributed by atoms with van der Waals surface area (Å²) in [5.41, 5.74) is 5.12. The van der Waals surface area contributed by atoms with Gasteiger partial charge in [0.25, 0.3) is 0 Å². The van der Waals surface area contributed by atoms with Crippen LogP contribution in [-0.2, 0) is 20.7 Å². The molecule has 8 nitrogen and oxygen atoms in total. The van der Waals surface area contributed by atoms with E-state index in [9.17, 15) is 5.11 Å². The van der Waals surface area contributed by atoms with Crippen LogP contribution in [0.3, 0.4) is 0 Å². The molecule has 1 N–H and O–H groups in total. The zero-order chi connectivity index (χ0) is 34.2. The smallest absolute Gasteiger partial charge is 0.178 e. The first kappa shape index (κ1) is 32.5. The minimum atomic E-state index is -0.999. The monoisotopic (exact) mass is 660 g/mol. The summed E-state index contributed by atoms with van der Waals surface area (Å²) in [6.07, 6.45) is 4.29. The number of rotatable bonds is 12. The van der Waals surface area contributed by atoms with Gasteiger partial charge < -0.3 is 38.3 Å². The predicted octanol–water partition coefficient (Wildman–Crippen LogP) is 7.49. The molecule has 0 saturated heterocycles. The van der Waals surface area contributed by atoms with Crippen molar-refractivity contribution in [2.75, 3.05) is 54.9 Å². The van der Waals surface area contributed by atoms with E-state index in [1.165, 1.54) is 0 Å². The summed E-state index contributed by atoms with van der Waals surface area (Å²) in [6, 6.07) is 28.3. The molecule has 0 amide bonds. The molecular formula is C41H40O8. The molecule has 0 radical (unpaired) electrons. The van der Waals surface area contributed by atoms with Crippen LogP contribution < -0.4 is 23.7 Å². The molecule has 0 aromatic heterocycles. The Labute approximate surface area is 286 Å². The first-order valence-electron chi connectivity index (χ1n) is 16.3. The third-order valence-corrected chi connectivity index (χ3v) is 9.63. The summed E-state index contributed by atoms with van der Waals surface area (Å²) < 4.78 is 42.5. The summed E-state index contributed by atoms with van der Waals surface area (Å²) >= 11 is 0. The Hall–Kier alpha value is -5.02. The predicted molar refractivity (Wildman–Crippen MR) is 189 cm³/mol. The van der Waals surface area contributed by atoms with Crippen LogP contribution in [0, 0.1) is 0 Å². The lowest BCUT2D eigenvalue weighted by Crippen LogP contribution is -2.35. The lowest BCUT2D eigenvalue weighted by Gasteiger charge is -2.39. The van der Waals surface area contributed by atoms with Crippen LogP contribution in [0.15, 0.2) is 91.0 Å². The van der Waals surface area contributed by atoms with Crippen LogP contribution in [0.4, 0.5) is 0 Å². The van der Waals surface area contributed by atoms with Crippen LogP contribution in [0.5, 0.6) is 28.7 Å². The minimum Gasteiger partial charge on any atom is -0.497 e. The van der Waals surface area contributed by atoms with Gasteiger partial charge in [-0.15, -0.1) is 0 Å². The van der Waals surface area contributed by atoms with Gasteiger partial charge in [-0.3, -0.25) is 0 Å². The molecule has 1 aliphatic heterocycles. The third kappa shape index (κ3) is 5.27. The molecular weight excluding hydrogens is 620 g/mol. The number of hydrogen-bond donors (Lipinski definition) is 1. The van der Waals surface area contributed by atoms with Gasteiger partial charge in [0.1, 0.15) is 22.8 Å². The highest BCUT2D eigenvalue weighted by Crippen LogP contribution is 2.59. The minimum absolute atomic E-state index is 0.0417. The van der Waals surface area contributed by atoms with E-state index in [4.69, 9.17) is 33.2 Å². The highest BCUT2D eigenvalue weighted by molar-refractivity contribution is 6.09. The van der Waals surface area contributed by atoms with Gasteiger partial charge in [-0.25, -0.2) is 0 Å². The highest BCUT2D eigenvalue weighted by Gasteiger charge is 2.47. The second-order valence-electron chi connectivity index (χ2n) is 12.1. The van der Waals surface area contributed by atoms with E-state index in [1.807, 2.05) is 66.7 Å². The van der Waals surface area contributed by atoms with Crippen molar-refractivity contribution in [3.63, 3.8) is 0 Å². The molecule has 1 atom stereocenters. The summed E-state index contributed by atoms with van der Waals surface area (Å²) in [5, 5.41) is 11.1. The molecule has 1 aliphatic carbocycles. The molecule has 5 aromatic rings. The van der Waals surface area contributed by atoms with Crippen molar-refractivity contribution in [3.8, 4) is 39.9 Å². The zero-order valence-electron chi connectivity index (χ0n) is 28.4. The Balaban J connectivity index is 1.52. The quantitative estimate of drug-likeness (QED) is 0.138. The van der Waals surface area contributed by atoms with Gasteiger partial charge in [-0.1, -0.05) is 54.6 Å². The third-order valence-electron chi connectivity index (χ3n) is 9.63. The average molecular weight is 661 g/mol. The van der Waals surface area contributed by atoms with Crippen LogP contribution >= 0.6 is 0 Å². The Kier molecular flexibility index (Phi) is 8.71. The molecule has 1 heterocycles. The largest absolute Gasteiger partial charge is 0.497 e. The fourth-order valence-corrected chi connectivity index (χ4v) is 7.27. The first-order valence-corrected chi connectivity index (χ1v) is 16.3. The second kappa shape index (κ2) is 13.1. The van der Waals surface area contributed by atoms with Gasteiger partial charge in [-0.05, 0) is 71.5 Å². The van der Waals surface area contributed by atoms with Crippen LogP contribution in [-0.4, -0.2) is 60.0 Å². The Morgan fingerprint density at radius 2 is 1.31 bits per heavy atom. The molecule has 49 heavy (non-hydrogen) atoms. The number of fused-ring (bicyclic) bond motifs is 8. The van der Waals surface area contributed by atoms with Gasteiger partial charge >= 0.3 is 0 Å². The van der Waals surface area contributed by atoms with Crippen molar-refractivity contribution in [1.82, 2.24) is 0 Å². The molecule has 2 aliphatic rings. The van der Waals surface area contributed by atoms with Crippen molar-refractivity contribution in [2.45, 2.75) is 18.1 Å². The molecule has 252 valence electrons. The average Bonchev–Trinajstić information content (AvgIpc) is 3.42.